The molecule has 1 unspecified atom stereocenters. The van der Waals surface area contributed by atoms with E-state index in [1.54, 1.807) is 0 Å². The molecule has 0 radical (unpaired) electrons. The number of rotatable bonds is 3. The lowest BCUT2D eigenvalue weighted by Gasteiger charge is -2.22. The minimum atomic E-state index is -0.0429. The molecule has 0 bridgehead atoms. The van der Waals surface area contributed by atoms with Crippen molar-refractivity contribution in [2.45, 2.75) is 19.8 Å². The topological polar surface area (TPSA) is 41.1 Å². The Morgan fingerprint density at radius 1 is 1.71 bits per heavy atom. The largest absolute Gasteiger partial charge is 0.351 e. The third-order valence-electron chi connectivity index (χ3n) is 3.06. The highest BCUT2D eigenvalue weighted by atomic mass is 35.5. The Kier molecular flexibility index (Phi) is 4.42. The second-order valence-electron chi connectivity index (χ2n) is 4.48. The van der Waals surface area contributed by atoms with Gasteiger partial charge in [0.2, 0.25) is 0 Å². The summed E-state index contributed by atoms with van der Waals surface area (Å²) in [6.07, 6.45) is 2.38. The van der Waals surface area contributed by atoms with Crippen molar-refractivity contribution in [3.63, 3.8) is 0 Å². The van der Waals surface area contributed by atoms with Gasteiger partial charge in [0.15, 0.2) is 0 Å². The molecule has 0 saturated carbocycles. The van der Waals surface area contributed by atoms with E-state index in [0.717, 1.165) is 25.2 Å². The van der Waals surface area contributed by atoms with Gasteiger partial charge in [-0.15, -0.1) is 11.3 Å². The van der Waals surface area contributed by atoms with Crippen LogP contribution in [0.2, 0.25) is 5.02 Å². The van der Waals surface area contributed by atoms with Crippen LogP contribution in [0.1, 0.15) is 28.1 Å². The van der Waals surface area contributed by atoms with E-state index in [1.165, 1.54) is 24.2 Å². The van der Waals surface area contributed by atoms with Crippen LogP contribution >= 0.6 is 22.9 Å². The van der Waals surface area contributed by atoms with Crippen molar-refractivity contribution in [1.29, 1.82) is 0 Å². The van der Waals surface area contributed by atoms with Crippen LogP contribution in [0.4, 0.5) is 0 Å². The summed E-state index contributed by atoms with van der Waals surface area (Å²) in [7, 11) is 0. The van der Waals surface area contributed by atoms with E-state index in [-0.39, 0.29) is 5.91 Å². The molecule has 1 aromatic heterocycles. The number of aryl methyl sites for hydroxylation is 1. The maximum Gasteiger partial charge on any atom is 0.262 e. The zero-order chi connectivity index (χ0) is 12.3. The number of thiophene rings is 1. The van der Waals surface area contributed by atoms with E-state index in [2.05, 4.69) is 10.6 Å². The van der Waals surface area contributed by atoms with Crippen LogP contribution in [0, 0.1) is 12.8 Å². The molecule has 17 heavy (non-hydrogen) atoms. The highest BCUT2D eigenvalue weighted by molar-refractivity contribution is 7.13. The van der Waals surface area contributed by atoms with Gasteiger partial charge in [-0.25, -0.2) is 0 Å². The fourth-order valence-electron chi connectivity index (χ4n) is 2.00. The Hall–Kier alpha value is -0.580. The number of carbonyl (C=O) groups is 1. The molecule has 0 aliphatic carbocycles. The Balaban J connectivity index is 1.86. The minimum Gasteiger partial charge on any atom is -0.351 e. The van der Waals surface area contributed by atoms with E-state index >= 15 is 0 Å². The highest BCUT2D eigenvalue weighted by Gasteiger charge is 2.17. The van der Waals surface area contributed by atoms with Crippen molar-refractivity contribution in [3.8, 4) is 0 Å². The molecular weight excluding hydrogens is 256 g/mol. The monoisotopic (exact) mass is 272 g/mol. The SMILES string of the molecule is Cc1csc(C(=O)NCC2CCCNC2)c1Cl. The molecule has 1 saturated heterocycles. The first-order valence-electron chi connectivity index (χ1n) is 5.91. The Morgan fingerprint density at radius 3 is 3.12 bits per heavy atom. The molecule has 94 valence electrons. The second kappa shape index (κ2) is 5.85. The maximum atomic E-state index is 11.9. The molecule has 1 aliphatic rings. The molecule has 2 rings (SSSR count). The second-order valence-corrected chi connectivity index (χ2v) is 5.74. The lowest BCUT2D eigenvalue weighted by molar-refractivity contribution is 0.0949. The summed E-state index contributed by atoms with van der Waals surface area (Å²) < 4.78 is 0. The van der Waals surface area contributed by atoms with Crippen LogP contribution < -0.4 is 10.6 Å². The van der Waals surface area contributed by atoms with Crippen LogP contribution in [0.25, 0.3) is 0 Å². The van der Waals surface area contributed by atoms with Crippen LogP contribution in [0.15, 0.2) is 5.38 Å². The quantitative estimate of drug-likeness (QED) is 0.887. The summed E-state index contributed by atoms with van der Waals surface area (Å²) in [5, 5.41) is 8.82. The predicted molar refractivity (Wildman–Crippen MR) is 72.0 cm³/mol. The minimum absolute atomic E-state index is 0.0429. The van der Waals surface area contributed by atoms with Gasteiger partial charge in [-0.1, -0.05) is 11.6 Å². The van der Waals surface area contributed by atoms with Gasteiger partial charge in [-0.3, -0.25) is 4.79 Å². The first kappa shape index (κ1) is 12.9. The molecule has 0 aromatic carbocycles. The molecule has 1 aromatic rings. The van der Waals surface area contributed by atoms with Crippen molar-refractivity contribution < 1.29 is 4.79 Å². The number of piperidine rings is 1. The number of halogens is 1. The van der Waals surface area contributed by atoms with Crippen molar-refractivity contribution >= 4 is 28.8 Å². The first-order valence-corrected chi connectivity index (χ1v) is 7.16. The molecule has 3 nitrogen and oxygen atoms in total. The Labute approximate surface area is 111 Å². The third kappa shape index (κ3) is 3.21. The lowest BCUT2D eigenvalue weighted by Crippen LogP contribution is -2.37. The maximum absolute atomic E-state index is 11.9. The fraction of sp³-hybridized carbons (Fsp3) is 0.583. The van der Waals surface area contributed by atoms with Crippen LogP contribution in [0.3, 0.4) is 0 Å². The third-order valence-corrected chi connectivity index (χ3v) is 4.75. The van der Waals surface area contributed by atoms with E-state index in [0.29, 0.717) is 15.8 Å². The molecule has 0 spiro atoms. The average Bonchev–Trinajstić information content (AvgIpc) is 2.69. The van der Waals surface area contributed by atoms with Crippen LogP contribution in [-0.2, 0) is 0 Å². The van der Waals surface area contributed by atoms with Gasteiger partial charge in [-0.05, 0) is 49.7 Å². The van der Waals surface area contributed by atoms with Gasteiger partial charge < -0.3 is 10.6 Å². The van der Waals surface area contributed by atoms with E-state index < -0.39 is 0 Å². The van der Waals surface area contributed by atoms with Gasteiger partial charge in [0.25, 0.3) is 5.91 Å². The molecule has 2 heterocycles. The fourth-order valence-corrected chi connectivity index (χ4v) is 3.19. The number of nitrogens with one attached hydrogen (secondary N) is 2. The average molecular weight is 273 g/mol. The Bertz CT molecular complexity index is 399. The molecule has 1 aliphatic heterocycles. The lowest BCUT2D eigenvalue weighted by atomic mass is 10.00. The van der Waals surface area contributed by atoms with Gasteiger partial charge in [0, 0.05) is 6.54 Å². The van der Waals surface area contributed by atoms with Crippen LogP contribution in [-0.4, -0.2) is 25.5 Å². The number of hydrogen-bond donors (Lipinski definition) is 2. The van der Waals surface area contributed by atoms with E-state index in [4.69, 9.17) is 11.6 Å². The molecule has 1 atom stereocenters. The van der Waals surface area contributed by atoms with Gasteiger partial charge in [-0.2, -0.15) is 0 Å². The summed E-state index contributed by atoms with van der Waals surface area (Å²) in [5.74, 6) is 0.506. The molecule has 1 amide bonds. The van der Waals surface area contributed by atoms with Gasteiger partial charge >= 0.3 is 0 Å². The van der Waals surface area contributed by atoms with Crippen molar-refractivity contribution in [2.24, 2.45) is 5.92 Å². The van der Waals surface area contributed by atoms with Gasteiger partial charge in [0.1, 0.15) is 4.88 Å². The molecule has 2 N–H and O–H groups in total. The van der Waals surface area contributed by atoms with Gasteiger partial charge in [0.05, 0.1) is 5.02 Å². The first-order chi connectivity index (χ1) is 8.18. The summed E-state index contributed by atoms with van der Waals surface area (Å²) in [6, 6.07) is 0. The summed E-state index contributed by atoms with van der Waals surface area (Å²) in [5.41, 5.74) is 0.973. The zero-order valence-corrected chi connectivity index (χ0v) is 11.5. The Morgan fingerprint density at radius 2 is 2.53 bits per heavy atom. The summed E-state index contributed by atoms with van der Waals surface area (Å²) in [6.45, 7) is 4.75. The highest BCUT2D eigenvalue weighted by Crippen LogP contribution is 2.26. The number of hydrogen-bond acceptors (Lipinski definition) is 3. The van der Waals surface area contributed by atoms with Crippen molar-refractivity contribution in [3.05, 3.63) is 20.8 Å². The molecule has 1 fully saturated rings. The standard InChI is InChI=1S/C12H17ClN2OS/c1-8-7-17-11(10(8)13)12(16)15-6-9-3-2-4-14-5-9/h7,9,14H,2-6H2,1H3,(H,15,16). The molecular formula is C12H17ClN2OS. The number of amides is 1. The van der Waals surface area contributed by atoms with E-state index in [9.17, 15) is 4.79 Å². The van der Waals surface area contributed by atoms with Crippen LogP contribution in [0.5, 0.6) is 0 Å². The number of carbonyl (C=O) groups excluding carboxylic acids is 1. The summed E-state index contributed by atoms with van der Waals surface area (Å²) in [4.78, 5) is 12.5. The summed E-state index contributed by atoms with van der Waals surface area (Å²) >= 11 is 7.47. The smallest absolute Gasteiger partial charge is 0.262 e. The predicted octanol–water partition coefficient (Wildman–Crippen LogP) is 2.44. The normalized spacial score (nSPS) is 20.2. The zero-order valence-electron chi connectivity index (χ0n) is 9.88. The van der Waals surface area contributed by atoms with Crippen molar-refractivity contribution in [2.75, 3.05) is 19.6 Å². The molecule has 5 heteroatoms. The van der Waals surface area contributed by atoms with E-state index in [1.807, 2.05) is 12.3 Å². The van der Waals surface area contributed by atoms with Crippen molar-refractivity contribution in [1.82, 2.24) is 10.6 Å².